The molecule has 7 heteroatoms. The number of primary amides is 1. The van der Waals surface area contributed by atoms with Gasteiger partial charge in [-0.2, -0.15) is 0 Å². The number of carbonyl (C=O) groups is 2. The van der Waals surface area contributed by atoms with Crippen LogP contribution in [0.1, 0.15) is 43.7 Å². The Kier molecular flexibility index (Phi) is 9.65. The van der Waals surface area contributed by atoms with Crippen molar-refractivity contribution in [2.45, 2.75) is 57.2 Å². The van der Waals surface area contributed by atoms with Crippen LogP contribution in [0.25, 0.3) is 0 Å². The molecule has 0 fully saturated rings. The minimum absolute atomic E-state index is 0.101. The lowest BCUT2D eigenvalue weighted by Crippen LogP contribution is -2.39. The normalized spacial score (nSPS) is 14.8. The van der Waals surface area contributed by atoms with Gasteiger partial charge in [0, 0.05) is 12.5 Å². The predicted molar refractivity (Wildman–Crippen MR) is 122 cm³/mol. The minimum Gasteiger partial charge on any atom is -0.508 e. The second kappa shape index (κ2) is 12.2. The molecule has 0 aliphatic heterocycles. The van der Waals surface area contributed by atoms with Crippen LogP contribution in [0.2, 0.25) is 0 Å². The number of aryl methyl sites for hydroxylation is 1. The summed E-state index contributed by atoms with van der Waals surface area (Å²) in [5, 5.41) is 22.7. The second-order valence-corrected chi connectivity index (χ2v) is 8.42. The Labute approximate surface area is 188 Å². The molecule has 2 aromatic carbocycles. The molecule has 3 atom stereocenters. The summed E-state index contributed by atoms with van der Waals surface area (Å²) in [6, 6.07) is 16.4. The number of benzene rings is 2. The molecule has 0 aliphatic carbocycles. The maximum absolute atomic E-state index is 14.4. The van der Waals surface area contributed by atoms with Crippen LogP contribution in [0, 0.1) is 5.92 Å². The van der Waals surface area contributed by atoms with Gasteiger partial charge in [0.2, 0.25) is 5.91 Å². The molecule has 0 aromatic heterocycles. The van der Waals surface area contributed by atoms with Crippen LogP contribution in [0.4, 0.5) is 4.39 Å². The fraction of sp³-hybridized carbons (Fsp3) is 0.440. The van der Waals surface area contributed by atoms with Crippen LogP contribution in [-0.4, -0.2) is 40.3 Å². The highest BCUT2D eigenvalue weighted by Crippen LogP contribution is 2.24. The van der Waals surface area contributed by atoms with E-state index in [0.29, 0.717) is 25.8 Å². The van der Waals surface area contributed by atoms with E-state index in [1.165, 1.54) is 0 Å². The number of rotatable bonds is 13. The first-order valence-corrected chi connectivity index (χ1v) is 10.9. The molecule has 0 bridgehead atoms. The number of hydrogen-bond acceptors (Lipinski definition) is 4. The van der Waals surface area contributed by atoms with E-state index in [2.05, 4.69) is 5.32 Å². The van der Waals surface area contributed by atoms with Crippen molar-refractivity contribution in [3.63, 3.8) is 0 Å². The van der Waals surface area contributed by atoms with Crippen molar-refractivity contribution in [3.05, 3.63) is 65.7 Å². The number of amides is 2. The number of aliphatic hydroxyl groups is 1. The largest absolute Gasteiger partial charge is 0.508 e. The third kappa shape index (κ3) is 8.67. The molecule has 32 heavy (non-hydrogen) atoms. The van der Waals surface area contributed by atoms with Gasteiger partial charge in [0.1, 0.15) is 5.75 Å². The molecule has 0 heterocycles. The Morgan fingerprint density at radius 1 is 1.03 bits per heavy atom. The number of halogens is 1. The van der Waals surface area contributed by atoms with Crippen molar-refractivity contribution in [2.24, 2.45) is 11.7 Å². The maximum Gasteiger partial charge on any atom is 0.254 e. The molecule has 2 rings (SSSR count). The van der Waals surface area contributed by atoms with Crippen molar-refractivity contribution >= 4 is 11.8 Å². The molecule has 0 spiro atoms. The number of alkyl halides is 1. The number of nitrogens with two attached hydrogens (primary N) is 1. The first-order chi connectivity index (χ1) is 15.2. The van der Waals surface area contributed by atoms with Crippen LogP contribution in [0.3, 0.4) is 0 Å². The Bertz CT molecular complexity index is 856. The molecule has 2 aromatic rings. The minimum atomic E-state index is -2.21. The first-order valence-electron chi connectivity index (χ1n) is 10.9. The van der Waals surface area contributed by atoms with E-state index >= 15 is 0 Å². The topological polar surface area (TPSA) is 113 Å². The van der Waals surface area contributed by atoms with Crippen molar-refractivity contribution in [1.82, 2.24) is 5.32 Å². The summed E-state index contributed by atoms with van der Waals surface area (Å²) in [5.74, 6) is -1.82. The summed E-state index contributed by atoms with van der Waals surface area (Å²) >= 11 is 0. The summed E-state index contributed by atoms with van der Waals surface area (Å²) in [4.78, 5) is 24.1. The van der Waals surface area contributed by atoms with E-state index in [1.807, 2.05) is 30.3 Å². The van der Waals surface area contributed by atoms with Crippen molar-refractivity contribution in [3.8, 4) is 5.75 Å². The molecule has 6 nitrogen and oxygen atoms in total. The van der Waals surface area contributed by atoms with Crippen LogP contribution in [0.5, 0.6) is 5.75 Å². The summed E-state index contributed by atoms with van der Waals surface area (Å²) < 4.78 is 14.4. The average molecular weight is 445 g/mol. The summed E-state index contributed by atoms with van der Waals surface area (Å²) in [7, 11) is 0. The van der Waals surface area contributed by atoms with Gasteiger partial charge < -0.3 is 21.3 Å². The molecule has 5 N–H and O–H groups in total. The third-order valence-electron chi connectivity index (χ3n) is 5.66. The quantitative estimate of drug-likeness (QED) is 0.380. The van der Waals surface area contributed by atoms with Crippen molar-refractivity contribution in [2.75, 3.05) is 6.54 Å². The lowest BCUT2D eigenvalue weighted by Gasteiger charge is -2.23. The SMILES string of the molecule is CC(F)(CC[C@H](C[C@@H](O)CCc1ccccc1)C(=O)NCCc1ccc(O)cc1)C(N)=O. The molecule has 1 unspecified atom stereocenters. The third-order valence-corrected chi connectivity index (χ3v) is 5.66. The van der Waals surface area contributed by atoms with Gasteiger partial charge in [-0.15, -0.1) is 0 Å². The first kappa shape index (κ1) is 25.3. The van der Waals surface area contributed by atoms with Gasteiger partial charge >= 0.3 is 0 Å². The summed E-state index contributed by atoms with van der Waals surface area (Å²) in [6.45, 7) is 1.48. The van der Waals surface area contributed by atoms with Crippen molar-refractivity contribution < 1.29 is 24.2 Å². The lowest BCUT2D eigenvalue weighted by molar-refractivity contribution is -0.131. The number of hydrogen-bond donors (Lipinski definition) is 4. The molecule has 0 saturated heterocycles. The Morgan fingerprint density at radius 3 is 2.28 bits per heavy atom. The summed E-state index contributed by atoms with van der Waals surface area (Å²) in [6.07, 6.45) is 1.06. The molecule has 0 saturated carbocycles. The monoisotopic (exact) mass is 444 g/mol. The van der Waals surface area contributed by atoms with Gasteiger partial charge in [-0.25, -0.2) is 4.39 Å². The highest BCUT2D eigenvalue weighted by atomic mass is 19.1. The maximum atomic E-state index is 14.4. The fourth-order valence-electron chi connectivity index (χ4n) is 3.49. The van der Waals surface area contributed by atoms with E-state index < -0.39 is 23.6 Å². The number of carbonyl (C=O) groups excluding carboxylic acids is 2. The molecule has 0 radical (unpaired) electrons. The Morgan fingerprint density at radius 2 is 1.66 bits per heavy atom. The van der Waals surface area contributed by atoms with E-state index in [1.54, 1.807) is 24.3 Å². The number of phenols is 1. The van der Waals surface area contributed by atoms with E-state index in [9.17, 15) is 24.2 Å². The zero-order valence-corrected chi connectivity index (χ0v) is 18.5. The fourth-order valence-corrected chi connectivity index (χ4v) is 3.49. The van der Waals surface area contributed by atoms with E-state index in [4.69, 9.17) is 5.73 Å². The van der Waals surface area contributed by atoms with Crippen LogP contribution >= 0.6 is 0 Å². The summed E-state index contributed by atoms with van der Waals surface area (Å²) in [5.41, 5.74) is 4.95. The van der Waals surface area contributed by atoms with Gasteiger partial charge in [-0.1, -0.05) is 42.5 Å². The zero-order valence-electron chi connectivity index (χ0n) is 18.5. The van der Waals surface area contributed by atoms with Crippen LogP contribution < -0.4 is 11.1 Å². The van der Waals surface area contributed by atoms with Gasteiger partial charge in [0.05, 0.1) is 6.10 Å². The van der Waals surface area contributed by atoms with E-state index in [0.717, 1.165) is 18.1 Å². The van der Waals surface area contributed by atoms with Crippen LogP contribution in [-0.2, 0) is 22.4 Å². The highest BCUT2D eigenvalue weighted by molar-refractivity contribution is 5.83. The number of nitrogens with one attached hydrogen (secondary N) is 1. The lowest BCUT2D eigenvalue weighted by atomic mass is 9.88. The predicted octanol–water partition coefficient (Wildman–Crippen LogP) is 3.04. The molecule has 174 valence electrons. The molecule has 2 amide bonds. The molecule has 0 aliphatic rings. The van der Waals surface area contributed by atoms with Crippen molar-refractivity contribution in [1.29, 1.82) is 0 Å². The second-order valence-electron chi connectivity index (χ2n) is 8.42. The Balaban J connectivity index is 1.92. The standard InChI is InChI=1S/C25H33FN2O4/c1-25(26,24(27)32)15-13-20(17-22(30)12-9-18-5-3-2-4-6-18)23(31)28-16-14-19-7-10-21(29)11-8-19/h2-8,10-11,20,22,29-30H,9,12-17H2,1H3,(H2,27,32)(H,28,31)/t20-,22+,25?/m1/s1. The smallest absolute Gasteiger partial charge is 0.254 e. The van der Waals surface area contributed by atoms with Gasteiger partial charge in [-0.3, -0.25) is 9.59 Å². The van der Waals surface area contributed by atoms with Gasteiger partial charge in [0.25, 0.3) is 5.91 Å². The molecular formula is C25H33FN2O4. The Hall–Kier alpha value is -2.93. The van der Waals surface area contributed by atoms with E-state index in [-0.39, 0.29) is 30.9 Å². The highest BCUT2D eigenvalue weighted by Gasteiger charge is 2.33. The number of phenolic OH excluding ortho intramolecular Hbond substituents is 1. The number of aromatic hydroxyl groups is 1. The van der Waals surface area contributed by atoms with Gasteiger partial charge in [-0.05, 0) is 68.7 Å². The number of aliphatic hydroxyl groups excluding tert-OH is 1. The molecular weight excluding hydrogens is 411 g/mol. The zero-order chi connectivity index (χ0) is 23.6. The van der Waals surface area contributed by atoms with Crippen LogP contribution in [0.15, 0.2) is 54.6 Å². The average Bonchev–Trinajstić information content (AvgIpc) is 2.77. The van der Waals surface area contributed by atoms with Gasteiger partial charge in [0.15, 0.2) is 5.67 Å².